The summed E-state index contributed by atoms with van der Waals surface area (Å²) in [5.41, 5.74) is -0.288. The van der Waals surface area contributed by atoms with E-state index >= 15 is 0 Å². The number of hydrogen-bond donors (Lipinski definition) is 1. The molecule has 0 fully saturated rings. The van der Waals surface area contributed by atoms with Crippen LogP contribution in [0.2, 0.25) is 5.02 Å². The maximum absolute atomic E-state index is 12.9. The van der Waals surface area contributed by atoms with Gasteiger partial charge < -0.3 is 10.1 Å². The Morgan fingerprint density at radius 1 is 1.04 bits per heavy atom. The summed E-state index contributed by atoms with van der Waals surface area (Å²) in [6.45, 7) is 0. The second kappa shape index (κ2) is 7.85. The molecule has 28 heavy (non-hydrogen) atoms. The highest BCUT2D eigenvalue weighted by molar-refractivity contribution is 6.32. The molecule has 0 spiro atoms. The molecule has 1 heterocycles. The van der Waals surface area contributed by atoms with Gasteiger partial charge in [0.05, 0.1) is 10.6 Å². The number of benzene rings is 2. The van der Waals surface area contributed by atoms with Crippen LogP contribution in [0, 0.1) is 5.82 Å². The predicted molar refractivity (Wildman–Crippen MR) is 95.1 cm³/mol. The fourth-order valence-corrected chi connectivity index (χ4v) is 2.41. The summed E-state index contributed by atoms with van der Waals surface area (Å²) in [4.78, 5) is 15.7. The molecule has 0 aliphatic heterocycles. The SMILES string of the molecule is O=C(Nc1ccc(Oc2ccc(C(F)(F)F)cn2)c(Cl)c1)c1ccc(F)cc1. The second-order valence-corrected chi connectivity index (χ2v) is 6.00. The van der Waals surface area contributed by atoms with Gasteiger partial charge in [-0.05, 0) is 48.5 Å². The number of amides is 1. The van der Waals surface area contributed by atoms with Gasteiger partial charge in [0.25, 0.3) is 5.91 Å². The van der Waals surface area contributed by atoms with E-state index in [1.165, 1.54) is 30.3 Å². The van der Waals surface area contributed by atoms with Crippen molar-refractivity contribution in [2.45, 2.75) is 6.18 Å². The van der Waals surface area contributed by atoms with Gasteiger partial charge >= 0.3 is 6.18 Å². The lowest BCUT2D eigenvalue weighted by Crippen LogP contribution is -2.11. The van der Waals surface area contributed by atoms with Crippen molar-refractivity contribution in [3.63, 3.8) is 0 Å². The van der Waals surface area contributed by atoms with E-state index in [2.05, 4.69) is 10.3 Å². The van der Waals surface area contributed by atoms with E-state index in [1.807, 2.05) is 0 Å². The lowest BCUT2D eigenvalue weighted by molar-refractivity contribution is -0.137. The van der Waals surface area contributed by atoms with Gasteiger partial charge in [0.15, 0.2) is 0 Å². The maximum Gasteiger partial charge on any atom is 0.417 e. The molecule has 0 atom stereocenters. The van der Waals surface area contributed by atoms with Crippen LogP contribution in [0.1, 0.15) is 15.9 Å². The van der Waals surface area contributed by atoms with Crippen molar-refractivity contribution in [1.82, 2.24) is 4.98 Å². The summed E-state index contributed by atoms with van der Waals surface area (Å²) in [5, 5.41) is 2.70. The van der Waals surface area contributed by atoms with Gasteiger partial charge in [-0.15, -0.1) is 0 Å². The van der Waals surface area contributed by atoms with Gasteiger partial charge in [0.2, 0.25) is 5.88 Å². The Morgan fingerprint density at radius 2 is 1.75 bits per heavy atom. The molecule has 0 saturated carbocycles. The van der Waals surface area contributed by atoms with Crippen LogP contribution >= 0.6 is 11.6 Å². The molecular formula is C19H11ClF4N2O2. The van der Waals surface area contributed by atoms with Crippen molar-refractivity contribution in [1.29, 1.82) is 0 Å². The van der Waals surface area contributed by atoms with Gasteiger partial charge in [0.1, 0.15) is 11.6 Å². The number of anilines is 1. The van der Waals surface area contributed by atoms with Crippen LogP contribution in [0.15, 0.2) is 60.8 Å². The first-order valence-corrected chi connectivity index (χ1v) is 8.18. The molecule has 0 unspecified atom stereocenters. The number of rotatable bonds is 4. The minimum atomic E-state index is -4.49. The Bertz CT molecular complexity index is 990. The van der Waals surface area contributed by atoms with E-state index < -0.39 is 23.5 Å². The molecule has 1 amide bonds. The molecule has 0 aliphatic rings. The molecule has 1 aromatic heterocycles. The number of halogens is 5. The first kappa shape index (κ1) is 19.6. The number of carbonyl (C=O) groups excluding carboxylic acids is 1. The van der Waals surface area contributed by atoms with E-state index in [0.29, 0.717) is 11.9 Å². The normalized spacial score (nSPS) is 11.2. The third-order valence-corrected chi connectivity index (χ3v) is 3.87. The summed E-state index contributed by atoms with van der Waals surface area (Å²) < 4.78 is 55.9. The lowest BCUT2D eigenvalue weighted by Gasteiger charge is -2.11. The van der Waals surface area contributed by atoms with Crippen molar-refractivity contribution in [2.75, 3.05) is 5.32 Å². The molecular weight excluding hydrogens is 400 g/mol. The van der Waals surface area contributed by atoms with Crippen LogP contribution in [-0.4, -0.2) is 10.9 Å². The summed E-state index contributed by atoms with van der Waals surface area (Å²) in [6.07, 6.45) is -3.84. The number of nitrogens with zero attached hydrogens (tertiary/aromatic N) is 1. The second-order valence-electron chi connectivity index (χ2n) is 5.59. The highest BCUT2D eigenvalue weighted by Gasteiger charge is 2.30. The quantitative estimate of drug-likeness (QED) is 0.542. The standard InChI is InChI=1S/C19H11ClF4N2O2/c20-15-9-14(26-18(27)11-1-4-13(21)5-2-11)6-7-16(15)28-17-8-3-12(10-25-17)19(22,23)24/h1-10H,(H,26,27). The Hall–Kier alpha value is -3.13. The van der Waals surface area contributed by atoms with E-state index in [-0.39, 0.29) is 22.2 Å². The molecule has 0 radical (unpaired) electrons. The van der Waals surface area contributed by atoms with Gasteiger partial charge in [-0.25, -0.2) is 9.37 Å². The van der Waals surface area contributed by atoms with Crippen molar-refractivity contribution >= 4 is 23.2 Å². The predicted octanol–water partition coefficient (Wildman–Crippen LogP) is 5.94. The van der Waals surface area contributed by atoms with Gasteiger partial charge in [0, 0.05) is 23.5 Å². The zero-order valence-electron chi connectivity index (χ0n) is 13.9. The average Bonchev–Trinajstić information content (AvgIpc) is 2.64. The molecule has 1 N–H and O–H groups in total. The number of ether oxygens (including phenoxy) is 1. The summed E-state index contributed by atoms with van der Waals surface area (Å²) in [5.74, 6) is -0.848. The number of pyridine rings is 1. The molecule has 0 bridgehead atoms. The molecule has 9 heteroatoms. The van der Waals surface area contributed by atoms with Gasteiger partial charge in [-0.3, -0.25) is 4.79 Å². The molecule has 144 valence electrons. The maximum atomic E-state index is 12.9. The Balaban J connectivity index is 1.70. The Labute approximate surface area is 161 Å². The van der Waals surface area contributed by atoms with Crippen LogP contribution in [0.3, 0.4) is 0 Å². The number of hydrogen-bond acceptors (Lipinski definition) is 3. The zero-order valence-corrected chi connectivity index (χ0v) is 14.7. The molecule has 0 saturated heterocycles. The van der Waals surface area contributed by atoms with Crippen LogP contribution in [0.4, 0.5) is 23.2 Å². The minimum absolute atomic E-state index is 0.0713. The third-order valence-electron chi connectivity index (χ3n) is 3.57. The minimum Gasteiger partial charge on any atom is -0.437 e. The van der Waals surface area contributed by atoms with E-state index in [0.717, 1.165) is 24.3 Å². The monoisotopic (exact) mass is 410 g/mol. The molecule has 4 nitrogen and oxygen atoms in total. The number of nitrogens with one attached hydrogen (secondary N) is 1. The molecule has 0 aliphatic carbocycles. The molecule has 2 aromatic carbocycles. The molecule has 3 rings (SSSR count). The zero-order chi connectivity index (χ0) is 20.3. The summed E-state index contributed by atoms with van der Waals surface area (Å²) in [7, 11) is 0. The third kappa shape index (κ3) is 4.77. The van der Waals surface area contributed by atoms with Gasteiger partial charge in [-0.2, -0.15) is 13.2 Å². The van der Waals surface area contributed by atoms with Crippen molar-refractivity contribution < 1.29 is 27.1 Å². The summed E-state index contributed by atoms with van der Waals surface area (Å²) in [6, 6.07) is 11.2. The van der Waals surface area contributed by atoms with Gasteiger partial charge in [-0.1, -0.05) is 11.6 Å². The smallest absolute Gasteiger partial charge is 0.417 e. The number of alkyl halides is 3. The average molecular weight is 411 g/mol. The highest BCUT2D eigenvalue weighted by Crippen LogP contribution is 2.33. The fourth-order valence-electron chi connectivity index (χ4n) is 2.19. The van der Waals surface area contributed by atoms with E-state index in [1.54, 1.807) is 0 Å². The first-order valence-electron chi connectivity index (χ1n) is 7.80. The van der Waals surface area contributed by atoms with Crippen LogP contribution in [-0.2, 0) is 6.18 Å². The number of aromatic nitrogens is 1. The van der Waals surface area contributed by atoms with E-state index in [4.69, 9.17) is 16.3 Å². The largest absolute Gasteiger partial charge is 0.437 e. The fraction of sp³-hybridized carbons (Fsp3) is 0.0526. The Kier molecular flexibility index (Phi) is 5.51. The summed E-state index contributed by atoms with van der Waals surface area (Å²) >= 11 is 6.10. The van der Waals surface area contributed by atoms with E-state index in [9.17, 15) is 22.4 Å². The van der Waals surface area contributed by atoms with Crippen molar-refractivity contribution in [3.8, 4) is 11.6 Å². The first-order chi connectivity index (χ1) is 13.2. The lowest BCUT2D eigenvalue weighted by atomic mass is 10.2. The highest BCUT2D eigenvalue weighted by atomic mass is 35.5. The van der Waals surface area contributed by atoms with Crippen LogP contribution < -0.4 is 10.1 Å². The Morgan fingerprint density at radius 3 is 2.32 bits per heavy atom. The van der Waals surface area contributed by atoms with Crippen LogP contribution in [0.5, 0.6) is 11.6 Å². The van der Waals surface area contributed by atoms with Crippen molar-refractivity contribution in [3.05, 3.63) is 82.8 Å². The van der Waals surface area contributed by atoms with Crippen molar-refractivity contribution in [2.24, 2.45) is 0 Å². The number of carbonyl (C=O) groups is 1. The topological polar surface area (TPSA) is 51.2 Å². The van der Waals surface area contributed by atoms with Crippen LogP contribution in [0.25, 0.3) is 0 Å². The molecule has 3 aromatic rings.